The minimum Gasteiger partial charge on any atom is -0.382 e. The minimum absolute atomic E-state index is 0.213. The van der Waals surface area contributed by atoms with Crippen molar-refractivity contribution in [1.29, 1.82) is 10.7 Å². The fourth-order valence-electron chi connectivity index (χ4n) is 1.96. The first-order valence-electron chi connectivity index (χ1n) is 7.06. The van der Waals surface area contributed by atoms with E-state index in [0.29, 0.717) is 16.9 Å². The number of carbonyl (C=O) groups is 1. The zero-order valence-electron chi connectivity index (χ0n) is 13.0. The van der Waals surface area contributed by atoms with Gasteiger partial charge in [-0.25, -0.2) is 0 Å². The van der Waals surface area contributed by atoms with E-state index in [1.807, 2.05) is 19.1 Å². The predicted molar refractivity (Wildman–Crippen MR) is 94.2 cm³/mol. The molecule has 0 aliphatic rings. The Morgan fingerprint density at radius 3 is 2.58 bits per heavy atom. The Balaban J connectivity index is 2.14. The van der Waals surface area contributed by atoms with Gasteiger partial charge in [0.05, 0.1) is 5.69 Å². The maximum atomic E-state index is 12.3. The Kier molecular flexibility index (Phi) is 5.26. The zero-order valence-corrected chi connectivity index (χ0v) is 13.0. The molecule has 2 rings (SSSR count). The van der Waals surface area contributed by atoms with Crippen LogP contribution in [-0.4, -0.2) is 17.5 Å². The number of benzene rings is 2. The van der Waals surface area contributed by atoms with Gasteiger partial charge in [-0.3, -0.25) is 15.6 Å². The van der Waals surface area contributed by atoms with E-state index in [1.165, 1.54) is 0 Å². The van der Waals surface area contributed by atoms with Gasteiger partial charge in [0.15, 0.2) is 5.84 Å². The molecule has 0 atom stereocenters. The Morgan fingerprint density at radius 1 is 1.21 bits per heavy atom. The van der Waals surface area contributed by atoms with Gasteiger partial charge in [0, 0.05) is 11.3 Å². The number of nitriles is 1. The van der Waals surface area contributed by atoms with Gasteiger partial charge in [0.1, 0.15) is 6.07 Å². The van der Waals surface area contributed by atoms with Crippen molar-refractivity contribution in [2.24, 2.45) is 10.8 Å². The first-order valence-corrected chi connectivity index (χ1v) is 7.06. The summed E-state index contributed by atoms with van der Waals surface area (Å²) >= 11 is 0. The van der Waals surface area contributed by atoms with Crippen molar-refractivity contribution in [2.45, 2.75) is 6.92 Å². The molecule has 0 aliphatic carbocycles. The molecule has 0 saturated heterocycles. The second-order valence-electron chi connectivity index (χ2n) is 4.95. The van der Waals surface area contributed by atoms with E-state index in [1.54, 1.807) is 42.5 Å². The van der Waals surface area contributed by atoms with Crippen molar-refractivity contribution in [3.8, 4) is 6.07 Å². The number of hydrogen-bond acceptors (Lipinski definition) is 5. The number of nitrogens with one attached hydrogen (secondary N) is 3. The van der Waals surface area contributed by atoms with Crippen LogP contribution in [0.25, 0.3) is 0 Å². The highest BCUT2D eigenvalue weighted by Gasteiger charge is 2.08. The van der Waals surface area contributed by atoms with Crippen LogP contribution in [0.15, 0.2) is 53.6 Å². The molecule has 0 saturated carbocycles. The Morgan fingerprint density at radius 2 is 1.92 bits per heavy atom. The second-order valence-corrected chi connectivity index (χ2v) is 4.95. The molecule has 5 N–H and O–H groups in total. The Labute approximate surface area is 139 Å². The fourth-order valence-corrected chi connectivity index (χ4v) is 1.96. The summed E-state index contributed by atoms with van der Waals surface area (Å²) in [5.74, 6) is -0.635. The molecule has 0 heterocycles. The van der Waals surface area contributed by atoms with Gasteiger partial charge < -0.3 is 11.1 Å². The van der Waals surface area contributed by atoms with Gasteiger partial charge >= 0.3 is 0 Å². The minimum atomic E-state index is -0.422. The van der Waals surface area contributed by atoms with Crippen LogP contribution in [0.3, 0.4) is 0 Å². The number of hydrazone groups is 1. The predicted octanol–water partition coefficient (Wildman–Crippen LogP) is 2.47. The summed E-state index contributed by atoms with van der Waals surface area (Å²) in [5.41, 5.74) is 10.2. The number of amidine groups is 1. The van der Waals surface area contributed by atoms with Crippen LogP contribution in [0.5, 0.6) is 0 Å². The fraction of sp³-hybridized carbons (Fsp3) is 0.0588. The van der Waals surface area contributed by atoms with E-state index in [0.717, 1.165) is 5.56 Å². The maximum Gasteiger partial charge on any atom is 0.255 e. The molecule has 120 valence electrons. The number of anilines is 2. The largest absolute Gasteiger partial charge is 0.382 e. The van der Waals surface area contributed by atoms with Crippen LogP contribution in [0.2, 0.25) is 0 Å². The van der Waals surface area contributed by atoms with Crippen LogP contribution in [0.4, 0.5) is 11.4 Å². The van der Waals surface area contributed by atoms with Crippen molar-refractivity contribution in [2.75, 3.05) is 10.7 Å². The van der Waals surface area contributed by atoms with E-state index in [4.69, 9.17) is 16.4 Å². The molecule has 0 aromatic heterocycles. The highest BCUT2D eigenvalue weighted by molar-refractivity contribution is 6.45. The van der Waals surface area contributed by atoms with E-state index < -0.39 is 5.84 Å². The molecule has 7 nitrogen and oxygen atoms in total. The summed E-state index contributed by atoms with van der Waals surface area (Å²) in [4.78, 5) is 12.3. The number of hydrogen-bond donors (Lipinski definition) is 4. The first-order chi connectivity index (χ1) is 11.5. The zero-order chi connectivity index (χ0) is 17.5. The smallest absolute Gasteiger partial charge is 0.255 e. The molecule has 0 unspecified atom stereocenters. The van der Waals surface area contributed by atoms with Gasteiger partial charge in [-0.2, -0.15) is 10.4 Å². The lowest BCUT2D eigenvalue weighted by molar-refractivity contribution is 0.102. The molecular formula is C17H16N6O. The third-order valence-electron chi connectivity index (χ3n) is 3.17. The molecule has 0 spiro atoms. The molecule has 24 heavy (non-hydrogen) atoms. The number of nitrogens with zero attached hydrogens (tertiary/aromatic N) is 2. The van der Waals surface area contributed by atoms with Gasteiger partial charge in [-0.15, -0.1) is 0 Å². The molecule has 0 fully saturated rings. The quantitative estimate of drug-likeness (QED) is 0.383. The highest BCUT2D eigenvalue weighted by Crippen LogP contribution is 2.17. The highest BCUT2D eigenvalue weighted by atomic mass is 16.1. The molecular weight excluding hydrogens is 304 g/mol. The molecule has 0 aliphatic heterocycles. The number of carbonyl (C=O) groups excluding carboxylic acids is 1. The Bertz CT molecular complexity index is 850. The van der Waals surface area contributed by atoms with Crippen molar-refractivity contribution in [3.05, 3.63) is 59.7 Å². The molecule has 2 aromatic rings. The summed E-state index contributed by atoms with van der Waals surface area (Å²) in [6.07, 6.45) is 0. The molecule has 0 radical (unpaired) electrons. The van der Waals surface area contributed by atoms with Crippen LogP contribution in [0.1, 0.15) is 15.9 Å². The van der Waals surface area contributed by atoms with Crippen LogP contribution < -0.4 is 16.5 Å². The summed E-state index contributed by atoms with van der Waals surface area (Å²) in [5, 5.41) is 22.5. The topological polar surface area (TPSA) is 127 Å². The summed E-state index contributed by atoms with van der Waals surface area (Å²) in [6, 6.07) is 15.8. The van der Waals surface area contributed by atoms with E-state index in [-0.39, 0.29) is 11.6 Å². The molecule has 2 aromatic carbocycles. The number of rotatable bonds is 5. The first kappa shape index (κ1) is 16.7. The van der Waals surface area contributed by atoms with E-state index in [9.17, 15) is 4.79 Å². The SMILES string of the molecule is Cc1ccccc1C(=O)Nc1cccc(N/N=C(\C#N)C(=N)N)c1. The van der Waals surface area contributed by atoms with Crippen molar-refractivity contribution >= 4 is 28.8 Å². The monoisotopic (exact) mass is 320 g/mol. The van der Waals surface area contributed by atoms with Crippen LogP contribution in [-0.2, 0) is 0 Å². The number of amides is 1. The van der Waals surface area contributed by atoms with Crippen molar-refractivity contribution < 1.29 is 4.79 Å². The number of aryl methyl sites for hydroxylation is 1. The van der Waals surface area contributed by atoms with Gasteiger partial charge in [-0.05, 0) is 36.8 Å². The van der Waals surface area contributed by atoms with Crippen LogP contribution in [0, 0.1) is 23.7 Å². The lowest BCUT2D eigenvalue weighted by Crippen LogP contribution is -2.21. The van der Waals surface area contributed by atoms with Gasteiger partial charge in [0.25, 0.3) is 5.91 Å². The second kappa shape index (κ2) is 7.56. The molecule has 1 amide bonds. The molecule has 7 heteroatoms. The number of nitrogens with two attached hydrogens (primary N) is 1. The van der Waals surface area contributed by atoms with Gasteiger partial charge in [0.2, 0.25) is 5.71 Å². The van der Waals surface area contributed by atoms with Crippen LogP contribution >= 0.6 is 0 Å². The summed E-state index contributed by atoms with van der Waals surface area (Å²) in [6.45, 7) is 1.87. The van der Waals surface area contributed by atoms with E-state index >= 15 is 0 Å². The normalized spacial score (nSPS) is 10.6. The summed E-state index contributed by atoms with van der Waals surface area (Å²) in [7, 11) is 0. The third kappa shape index (κ3) is 4.18. The Hall–Kier alpha value is -3.66. The van der Waals surface area contributed by atoms with E-state index in [2.05, 4.69) is 15.8 Å². The average Bonchev–Trinajstić information content (AvgIpc) is 2.56. The van der Waals surface area contributed by atoms with Gasteiger partial charge in [-0.1, -0.05) is 24.3 Å². The lowest BCUT2D eigenvalue weighted by atomic mass is 10.1. The van der Waals surface area contributed by atoms with Crippen molar-refractivity contribution in [1.82, 2.24) is 0 Å². The third-order valence-corrected chi connectivity index (χ3v) is 3.17. The lowest BCUT2D eigenvalue weighted by Gasteiger charge is -2.09. The standard InChI is InChI=1S/C17H16N6O/c1-11-5-2-3-8-14(11)17(24)21-12-6-4-7-13(9-12)22-23-15(10-18)16(19)20/h2-9,22H,1H3,(H3,19,20)(H,21,24)/b23-15+. The average molecular weight is 320 g/mol. The van der Waals surface area contributed by atoms with Crippen molar-refractivity contribution in [3.63, 3.8) is 0 Å². The molecule has 0 bridgehead atoms. The maximum absolute atomic E-state index is 12.3. The summed E-state index contributed by atoms with van der Waals surface area (Å²) < 4.78 is 0.